The molecule has 5 heteroatoms. The Kier molecular flexibility index (Phi) is 5.65. The van der Waals surface area contributed by atoms with E-state index in [1.807, 2.05) is 41.3 Å². The third-order valence-electron chi connectivity index (χ3n) is 5.65. The van der Waals surface area contributed by atoms with Crippen LogP contribution in [-0.2, 0) is 11.2 Å². The number of nitrogens with zero attached hydrogens (tertiary/aromatic N) is 2. The van der Waals surface area contributed by atoms with E-state index in [4.69, 9.17) is 4.42 Å². The van der Waals surface area contributed by atoms with Gasteiger partial charge in [0.05, 0.1) is 6.20 Å². The van der Waals surface area contributed by atoms with E-state index in [2.05, 4.69) is 11.9 Å². The molecule has 2 aromatic carbocycles. The molecule has 150 valence electrons. The summed E-state index contributed by atoms with van der Waals surface area (Å²) in [5, 5.41) is 9.43. The molecule has 2 heterocycles. The van der Waals surface area contributed by atoms with Crippen molar-refractivity contribution in [1.29, 1.82) is 0 Å². The summed E-state index contributed by atoms with van der Waals surface area (Å²) in [7, 11) is 0. The van der Waals surface area contributed by atoms with Crippen molar-refractivity contribution in [2.24, 2.45) is 0 Å². The van der Waals surface area contributed by atoms with Gasteiger partial charge in [0.15, 0.2) is 11.7 Å². The van der Waals surface area contributed by atoms with Crippen molar-refractivity contribution < 1.29 is 14.3 Å². The van der Waals surface area contributed by atoms with E-state index in [1.54, 1.807) is 18.3 Å². The number of likely N-dealkylation sites (tertiary alicyclic amines) is 1. The molecule has 0 radical (unpaired) electrons. The number of carbonyl (C=O) groups is 1. The second kappa shape index (κ2) is 8.52. The molecule has 29 heavy (non-hydrogen) atoms. The summed E-state index contributed by atoms with van der Waals surface area (Å²) in [5.74, 6) is 2.24. The first kappa shape index (κ1) is 19.2. The van der Waals surface area contributed by atoms with Crippen molar-refractivity contribution in [3.8, 4) is 17.1 Å². The molecule has 1 aliphatic heterocycles. The molecule has 1 N–H and O–H groups in total. The number of benzene rings is 2. The lowest BCUT2D eigenvalue weighted by Crippen LogP contribution is -2.38. The summed E-state index contributed by atoms with van der Waals surface area (Å²) in [4.78, 5) is 18.9. The van der Waals surface area contributed by atoms with Gasteiger partial charge in [0, 0.05) is 31.5 Å². The van der Waals surface area contributed by atoms with Gasteiger partial charge in [-0.05, 0) is 43.4 Å². The summed E-state index contributed by atoms with van der Waals surface area (Å²) in [5.41, 5.74) is 3.43. The van der Waals surface area contributed by atoms with Crippen LogP contribution >= 0.6 is 0 Å². The summed E-state index contributed by atoms with van der Waals surface area (Å²) < 4.78 is 5.83. The Morgan fingerprint density at radius 1 is 1.10 bits per heavy atom. The molecule has 1 amide bonds. The highest BCUT2D eigenvalue weighted by atomic mass is 16.4. The topological polar surface area (TPSA) is 66.6 Å². The smallest absolute Gasteiger partial charge is 0.223 e. The number of hydrogen-bond acceptors (Lipinski definition) is 4. The molecule has 4 rings (SSSR count). The zero-order valence-corrected chi connectivity index (χ0v) is 16.7. The summed E-state index contributed by atoms with van der Waals surface area (Å²) in [6.45, 7) is 3.59. The zero-order chi connectivity index (χ0) is 20.2. The van der Waals surface area contributed by atoms with Crippen LogP contribution in [0.5, 0.6) is 5.75 Å². The monoisotopic (exact) mass is 390 g/mol. The van der Waals surface area contributed by atoms with Gasteiger partial charge in [-0.1, -0.05) is 42.0 Å². The molecule has 3 aromatic rings. The van der Waals surface area contributed by atoms with Gasteiger partial charge in [0.2, 0.25) is 5.91 Å². The van der Waals surface area contributed by atoms with Crippen LogP contribution in [0.2, 0.25) is 0 Å². The van der Waals surface area contributed by atoms with Crippen LogP contribution in [0.3, 0.4) is 0 Å². The molecule has 1 aromatic heterocycles. The number of aromatic nitrogens is 1. The number of phenolic OH excluding ortho intramolecular Hbond substituents is 1. The van der Waals surface area contributed by atoms with Crippen molar-refractivity contribution in [3.05, 3.63) is 71.7 Å². The quantitative estimate of drug-likeness (QED) is 0.686. The first-order valence-corrected chi connectivity index (χ1v) is 10.2. The van der Waals surface area contributed by atoms with E-state index in [9.17, 15) is 9.90 Å². The van der Waals surface area contributed by atoms with Crippen LogP contribution in [-0.4, -0.2) is 34.0 Å². The minimum absolute atomic E-state index is 0.157. The normalized spacial score (nSPS) is 14.9. The number of aryl methyl sites for hydroxylation is 2. The fourth-order valence-corrected chi connectivity index (χ4v) is 3.86. The van der Waals surface area contributed by atoms with E-state index < -0.39 is 0 Å². The van der Waals surface area contributed by atoms with E-state index in [0.717, 1.165) is 37.3 Å². The zero-order valence-electron chi connectivity index (χ0n) is 16.7. The largest absolute Gasteiger partial charge is 0.508 e. The fourth-order valence-electron chi connectivity index (χ4n) is 3.86. The lowest BCUT2D eigenvalue weighted by Gasteiger charge is -2.32. The number of amides is 1. The van der Waals surface area contributed by atoms with Crippen molar-refractivity contribution in [2.45, 2.75) is 38.5 Å². The second-order valence-electron chi connectivity index (χ2n) is 7.73. The highest BCUT2D eigenvalue weighted by molar-refractivity contribution is 5.76. The van der Waals surface area contributed by atoms with E-state index in [1.165, 1.54) is 11.1 Å². The minimum atomic E-state index is 0.157. The molecule has 0 bridgehead atoms. The van der Waals surface area contributed by atoms with Crippen molar-refractivity contribution in [1.82, 2.24) is 9.88 Å². The Morgan fingerprint density at radius 2 is 1.79 bits per heavy atom. The molecule has 1 aliphatic rings. The standard InChI is InChI=1S/C24H26N2O3/c1-17-2-4-20(5-3-17)22-16-25-23(29-22)10-11-24(28)26-14-12-19(13-15-26)18-6-8-21(27)9-7-18/h2-9,16,19,27H,10-15H2,1H3. The molecule has 0 saturated carbocycles. The third-order valence-corrected chi connectivity index (χ3v) is 5.65. The number of phenols is 1. The number of piperidine rings is 1. The van der Waals surface area contributed by atoms with Gasteiger partial charge in [-0.25, -0.2) is 4.98 Å². The maximum atomic E-state index is 12.6. The lowest BCUT2D eigenvalue weighted by molar-refractivity contribution is -0.132. The van der Waals surface area contributed by atoms with Crippen molar-refractivity contribution in [3.63, 3.8) is 0 Å². The van der Waals surface area contributed by atoms with Gasteiger partial charge < -0.3 is 14.4 Å². The van der Waals surface area contributed by atoms with Crippen LogP contribution in [0.4, 0.5) is 0 Å². The van der Waals surface area contributed by atoms with Gasteiger partial charge in [0.25, 0.3) is 0 Å². The fraction of sp³-hybridized carbons (Fsp3) is 0.333. The Balaban J connectivity index is 1.27. The van der Waals surface area contributed by atoms with Crippen molar-refractivity contribution in [2.75, 3.05) is 13.1 Å². The highest BCUT2D eigenvalue weighted by Crippen LogP contribution is 2.29. The number of oxazole rings is 1. The van der Waals surface area contributed by atoms with E-state index in [0.29, 0.717) is 30.4 Å². The Bertz CT molecular complexity index is 953. The number of carbonyl (C=O) groups excluding carboxylic acids is 1. The number of aromatic hydroxyl groups is 1. The molecule has 0 spiro atoms. The summed E-state index contributed by atoms with van der Waals surface area (Å²) in [6, 6.07) is 15.5. The van der Waals surface area contributed by atoms with Crippen LogP contribution in [0.25, 0.3) is 11.3 Å². The molecular formula is C24H26N2O3. The first-order valence-electron chi connectivity index (χ1n) is 10.2. The lowest BCUT2D eigenvalue weighted by atomic mass is 9.89. The highest BCUT2D eigenvalue weighted by Gasteiger charge is 2.24. The number of hydrogen-bond donors (Lipinski definition) is 1. The molecule has 0 aliphatic carbocycles. The SMILES string of the molecule is Cc1ccc(-c2cnc(CCC(=O)N3CCC(c4ccc(O)cc4)CC3)o2)cc1. The summed E-state index contributed by atoms with van der Waals surface area (Å²) >= 11 is 0. The predicted octanol–water partition coefficient (Wildman–Crippen LogP) is 4.69. The molecule has 0 atom stereocenters. The molecular weight excluding hydrogens is 364 g/mol. The molecule has 0 unspecified atom stereocenters. The van der Waals surface area contributed by atoms with Gasteiger partial charge in [-0.15, -0.1) is 0 Å². The molecule has 5 nitrogen and oxygen atoms in total. The van der Waals surface area contributed by atoms with Crippen LogP contribution in [0, 0.1) is 6.92 Å². The van der Waals surface area contributed by atoms with Crippen LogP contribution in [0.1, 0.15) is 42.2 Å². The average molecular weight is 390 g/mol. The maximum Gasteiger partial charge on any atom is 0.223 e. The molecule has 1 fully saturated rings. The minimum Gasteiger partial charge on any atom is -0.508 e. The van der Waals surface area contributed by atoms with Gasteiger partial charge >= 0.3 is 0 Å². The predicted molar refractivity (Wildman–Crippen MR) is 112 cm³/mol. The Labute approximate surface area is 171 Å². The van der Waals surface area contributed by atoms with Crippen LogP contribution in [0.15, 0.2) is 59.1 Å². The second-order valence-corrected chi connectivity index (χ2v) is 7.73. The first-order chi connectivity index (χ1) is 14.1. The van der Waals surface area contributed by atoms with Gasteiger partial charge in [0.1, 0.15) is 5.75 Å². The Morgan fingerprint density at radius 3 is 2.48 bits per heavy atom. The van der Waals surface area contributed by atoms with E-state index in [-0.39, 0.29) is 5.91 Å². The third kappa shape index (κ3) is 4.67. The van der Waals surface area contributed by atoms with Gasteiger partial charge in [-0.3, -0.25) is 4.79 Å². The number of rotatable bonds is 5. The van der Waals surface area contributed by atoms with Gasteiger partial charge in [-0.2, -0.15) is 0 Å². The maximum absolute atomic E-state index is 12.6. The average Bonchev–Trinajstić information content (AvgIpc) is 3.22. The molecule has 1 saturated heterocycles. The Hall–Kier alpha value is -3.08. The van der Waals surface area contributed by atoms with E-state index >= 15 is 0 Å². The summed E-state index contributed by atoms with van der Waals surface area (Å²) in [6.07, 6.45) is 4.56. The van der Waals surface area contributed by atoms with Crippen LogP contribution < -0.4 is 0 Å². The van der Waals surface area contributed by atoms with Crippen molar-refractivity contribution >= 4 is 5.91 Å².